The van der Waals surface area contributed by atoms with Gasteiger partial charge in [0.2, 0.25) is 0 Å². The number of pyridine rings is 1. The Morgan fingerprint density at radius 3 is 2.52 bits per heavy atom. The van der Waals surface area contributed by atoms with Crippen molar-refractivity contribution in [3.05, 3.63) is 69.0 Å². The predicted molar refractivity (Wildman–Crippen MR) is 99.8 cm³/mol. The maximum atomic E-state index is 13.0. The quantitative estimate of drug-likeness (QED) is 0.748. The summed E-state index contributed by atoms with van der Waals surface area (Å²) in [5.41, 5.74) is 0.807. The molecule has 0 radical (unpaired) electrons. The Labute approximate surface area is 149 Å². The minimum Gasteiger partial charge on any atom is -0.506 e. The number of rotatable bonds is 3. The Morgan fingerprint density at radius 2 is 1.88 bits per heavy atom. The summed E-state index contributed by atoms with van der Waals surface area (Å²) in [6.45, 7) is 3.94. The number of anilines is 1. The highest BCUT2D eigenvalue weighted by atomic mass is 35.5. The van der Waals surface area contributed by atoms with Crippen LogP contribution in [0, 0.1) is 6.92 Å². The van der Waals surface area contributed by atoms with Gasteiger partial charge in [-0.2, -0.15) is 0 Å². The highest BCUT2D eigenvalue weighted by Crippen LogP contribution is 2.34. The third kappa shape index (κ3) is 2.87. The number of para-hydroxylation sites is 1. The van der Waals surface area contributed by atoms with Crippen molar-refractivity contribution in [2.45, 2.75) is 13.8 Å². The lowest BCUT2D eigenvalue weighted by molar-refractivity contribution is 0.0984. The number of halogens is 1. The average molecular weight is 357 g/mol. The van der Waals surface area contributed by atoms with E-state index < -0.39 is 17.2 Å². The molecule has 0 bridgehead atoms. The number of amides is 1. The smallest absolute Gasteiger partial charge is 0.267 e. The zero-order chi connectivity index (χ0) is 18.1. The van der Waals surface area contributed by atoms with E-state index in [0.717, 1.165) is 5.56 Å². The molecule has 2 N–H and O–H groups in total. The number of aromatic amines is 1. The van der Waals surface area contributed by atoms with E-state index in [2.05, 4.69) is 4.98 Å². The van der Waals surface area contributed by atoms with Crippen molar-refractivity contribution in [1.29, 1.82) is 0 Å². The number of aromatic hydroxyl groups is 1. The van der Waals surface area contributed by atoms with Crippen molar-refractivity contribution < 1.29 is 9.90 Å². The minimum atomic E-state index is -0.649. The second-order valence-electron chi connectivity index (χ2n) is 5.68. The Bertz CT molecular complexity index is 1010. The molecule has 1 amide bonds. The lowest BCUT2D eigenvalue weighted by Gasteiger charge is -2.21. The lowest BCUT2D eigenvalue weighted by atomic mass is 10.1. The number of carbonyl (C=O) groups excluding carboxylic acids is 1. The molecule has 3 rings (SSSR count). The van der Waals surface area contributed by atoms with Gasteiger partial charge < -0.3 is 15.0 Å². The van der Waals surface area contributed by atoms with Crippen molar-refractivity contribution >= 4 is 34.1 Å². The summed E-state index contributed by atoms with van der Waals surface area (Å²) in [7, 11) is 0. The largest absolute Gasteiger partial charge is 0.506 e. The molecular formula is C19H17ClN2O3. The number of H-pyrrole nitrogens is 1. The maximum absolute atomic E-state index is 13.0. The van der Waals surface area contributed by atoms with Gasteiger partial charge in [0.1, 0.15) is 11.3 Å². The van der Waals surface area contributed by atoms with Gasteiger partial charge in [-0.3, -0.25) is 9.59 Å². The monoisotopic (exact) mass is 356 g/mol. The Balaban J connectivity index is 2.23. The molecule has 6 heteroatoms. The van der Waals surface area contributed by atoms with E-state index >= 15 is 0 Å². The van der Waals surface area contributed by atoms with Crippen LogP contribution in [0.4, 0.5) is 5.69 Å². The fraction of sp³-hybridized carbons (Fsp3) is 0.158. The van der Waals surface area contributed by atoms with Gasteiger partial charge in [-0.15, -0.1) is 0 Å². The van der Waals surface area contributed by atoms with Crippen LogP contribution in [0.3, 0.4) is 0 Å². The van der Waals surface area contributed by atoms with Crippen molar-refractivity contribution in [3.8, 4) is 5.75 Å². The standard InChI is InChI=1S/C19H17ClN2O3/c1-3-22(12-7-5-4-6-8-12)19(25)15-17(23)14-13(21-18(15)24)10-9-11(2)16(14)20/h4-10H,3H2,1-2H3,(H2,21,23,24). The predicted octanol–water partition coefficient (Wildman–Crippen LogP) is 3.86. The van der Waals surface area contributed by atoms with Gasteiger partial charge in [0.15, 0.2) is 0 Å². The molecule has 0 fully saturated rings. The number of hydrogen-bond acceptors (Lipinski definition) is 3. The first-order valence-electron chi connectivity index (χ1n) is 7.86. The number of fused-ring (bicyclic) bond motifs is 1. The topological polar surface area (TPSA) is 73.4 Å². The molecule has 1 aromatic heterocycles. The summed E-state index contributed by atoms with van der Waals surface area (Å²) in [4.78, 5) is 29.5. The summed E-state index contributed by atoms with van der Waals surface area (Å²) < 4.78 is 0. The lowest BCUT2D eigenvalue weighted by Crippen LogP contribution is -2.34. The van der Waals surface area contributed by atoms with Gasteiger partial charge in [-0.05, 0) is 37.6 Å². The molecule has 0 saturated heterocycles. The number of hydrogen-bond donors (Lipinski definition) is 2. The normalized spacial score (nSPS) is 10.8. The van der Waals surface area contributed by atoms with Gasteiger partial charge in [0.25, 0.3) is 11.5 Å². The fourth-order valence-corrected chi connectivity index (χ4v) is 3.07. The fourth-order valence-electron chi connectivity index (χ4n) is 2.82. The van der Waals surface area contributed by atoms with E-state index in [9.17, 15) is 14.7 Å². The Morgan fingerprint density at radius 1 is 1.20 bits per heavy atom. The van der Waals surface area contributed by atoms with Crippen LogP contribution in [0.2, 0.25) is 5.02 Å². The van der Waals surface area contributed by atoms with Crippen molar-refractivity contribution in [3.63, 3.8) is 0 Å². The van der Waals surface area contributed by atoms with E-state index in [1.54, 1.807) is 50.2 Å². The third-order valence-electron chi connectivity index (χ3n) is 4.13. The summed E-state index contributed by atoms with van der Waals surface area (Å²) in [6.07, 6.45) is 0. The number of aryl methyl sites for hydroxylation is 1. The van der Waals surface area contributed by atoms with Crippen LogP contribution < -0.4 is 10.5 Å². The molecule has 2 aromatic carbocycles. The van der Waals surface area contributed by atoms with Crippen molar-refractivity contribution in [1.82, 2.24) is 4.98 Å². The second kappa shape index (κ2) is 6.61. The van der Waals surface area contributed by atoms with E-state index in [-0.39, 0.29) is 10.9 Å². The first-order valence-corrected chi connectivity index (χ1v) is 8.24. The summed E-state index contributed by atoms with van der Waals surface area (Å²) >= 11 is 6.28. The average Bonchev–Trinajstić information content (AvgIpc) is 2.59. The van der Waals surface area contributed by atoms with Crippen LogP contribution in [0.1, 0.15) is 22.8 Å². The zero-order valence-corrected chi connectivity index (χ0v) is 14.6. The van der Waals surface area contributed by atoms with E-state index in [0.29, 0.717) is 22.8 Å². The first kappa shape index (κ1) is 17.0. The van der Waals surface area contributed by atoms with Crippen molar-refractivity contribution in [2.24, 2.45) is 0 Å². The number of nitrogens with zero attached hydrogens (tertiary/aromatic N) is 1. The van der Waals surface area contributed by atoms with E-state index in [1.807, 2.05) is 6.07 Å². The van der Waals surface area contributed by atoms with Crippen LogP contribution >= 0.6 is 11.6 Å². The number of carbonyl (C=O) groups is 1. The molecule has 0 unspecified atom stereocenters. The summed E-state index contributed by atoms with van der Waals surface area (Å²) in [5.74, 6) is -0.973. The third-order valence-corrected chi connectivity index (χ3v) is 4.61. The highest BCUT2D eigenvalue weighted by molar-refractivity contribution is 6.37. The zero-order valence-electron chi connectivity index (χ0n) is 13.8. The second-order valence-corrected chi connectivity index (χ2v) is 6.06. The molecule has 0 aliphatic heterocycles. The molecule has 25 heavy (non-hydrogen) atoms. The highest BCUT2D eigenvalue weighted by Gasteiger charge is 2.25. The van der Waals surface area contributed by atoms with Gasteiger partial charge in [-0.1, -0.05) is 35.9 Å². The van der Waals surface area contributed by atoms with Gasteiger partial charge in [0, 0.05) is 12.2 Å². The number of benzene rings is 2. The van der Waals surface area contributed by atoms with Crippen LogP contribution in [-0.2, 0) is 0 Å². The Kier molecular flexibility index (Phi) is 4.51. The van der Waals surface area contributed by atoms with Crippen LogP contribution in [0.25, 0.3) is 10.9 Å². The Hall–Kier alpha value is -2.79. The molecule has 0 aliphatic rings. The molecule has 128 valence electrons. The molecule has 3 aromatic rings. The van der Waals surface area contributed by atoms with E-state index in [4.69, 9.17) is 11.6 Å². The molecule has 0 aliphatic carbocycles. The summed E-state index contributed by atoms with van der Waals surface area (Å²) in [6, 6.07) is 12.4. The molecule has 5 nitrogen and oxygen atoms in total. The molecule has 0 saturated carbocycles. The van der Waals surface area contributed by atoms with Crippen LogP contribution in [-0.4, -0.2) is 22.5 Å². The molecule has 1 heterocycles. The van der Waals surface area contributed by atoms with Crippen LogP contribution in [0.5, 0.6) is 5.75 Å². The molecular weight excluding hydrogens is 340 g/mol. The maximum Gasteiger partial charge on any atom is 0.267 e. The van der Waals surface area contributed by atoms with E-state index in [1.165, 1.54) is 4.90 Å². The number of aromatic nitrogens is 1. The van der Waals surface area contributed by atoms with Crippen LogP contribution in [0.15, 0.2) is 47.3 Å². The molecule has 0 spiro atoms. The SMILES string of the molecule is CCN(C(=O)c1c(O)c2c(Cl)c(C)ccc2[nH]c1=O)c1ccccc1. The first-order chi connectivity index (χ1) is 12.0. The summed E-state index contributed by atoms with van der Waals surface area (Å²) in [5, 5.41) is 11.2. The molecule has 0 atom stereocenters. The van der Waals surface area contributed by atoms with Gasteiger partial charge in [-0.25, -0.2) is 0 Å². The van der Waals surface area contributed by atoms with Crippen molar-refractivity contribution in [2.75, 3.05) is 11.4 Å². The van der Waals surface area contributed by atoms with Gasteiger partial charge >= 0.3 is 0 Å². The minimum absolute atomic E-state index is 0.272. The number of nitrogens with one attached hydrogen (secondary N) is 1. The van der Waals surface area contributed by atoms with Gasteiger partial charge in [0.05, 0.1) is 15.9 Å².